The van der Waals surface area contributed by atoms with E-state index in [0.717, 1.165) is 54.7 Å². The molecule has 138 valence electrons. The van der Waals surface area contributed by atoms with Crippen LogP contribution in [-0.4, -0.2) is 28.4 Å². The molecule has 0 amide bonds. The summed E-state index contributed by atoms with van der Waals surface area (Å²) in [5.74, 6) is 1.72. The minimum atomic E-state index is -0.731. The Balaban J connectivity index is 1.62. The van der Waals surface area contributed by atoms with Gasteiger partial charge in [-0.1, -0.05) is 47.8 Å². The standard InChI is InChI=1S/C20H28BrNO2S/c1-16(10-11-22)25(23)13-5-3-2-4-12-24-20-9-7-17-14-19(21)8-6-18(17)15-20/h6-9,14-16H,2-5,10-13,22H2,1H3. The number of benzene rings is 2. The summed E-state index contributed by atoms with van der Waals surface area (Å²) in [5.41, 5.74) is 5.51. The molecule has 2 aromatic carbocycles. The summed E-state index contributed by atoms with van der Waals surface area (Å²) in [5, 5.41) is 2.62. The van der Waals surface area contributed by atoms with Crippen molar-refractivity contribution in [1.82, 2.24) is 0 Å². The lowest BCUT2D eigenvalue weighted by Crippen LogP contribution is -2.18. The van der Waals surface area contributed by atoms with E-state index in [1.54, 1.807) is 0 Å². The molecule has 2 aromatic rings. The lowest BCUT2D eigenvalue weighted by atomic mass is 10.1. The average Bonchev–Trinajstić information content (AvgIpc) is 2.60. The van der Waals surface area contributed by atoms with Crippen molar-refractivity contribution in [2.24, 2.45) is 5.73 Å². The fraction of sp³-hybridized carbons (Fsp3) is 0.500. The quantitative estimate of drug-likeness (QED) is 0.513. The lowest BCUT2D eigenvalue weighted by molar-refractivity contribution is 0.305. The predicted octanol–water partition coefficient (Wildman–Crippen LogP) is 5.03. The smallest absolute Gasteiger partial charge is 0.119 e. The van der Waals surface area contributed by atoms with Gasteiger partial charge in [-0.05, 0) is 60.8 Å². The normalized spacial score (nSPS) is 13.7. The van der Waals surface area contributed by atoms with Crippen molar-refractivity contribution in [3.8, 4) is 5.75 Å². The predicted molar refractivity (Wildman–Crippen MR) is 112 cm³/mol. The molecule has 0 aliphatic rings. The first-order chi connectivity index (χ1) is 12.1. The minimum Gasteiger partial charge on any atom is -0.494 e. The molecule has 0 aromatic heterocycles. The Morgan fingerprint density at radius 2 is 1.80 bits per heavy atom. The van der Waals surface area contributed by atoms with Gasteiger partial charge in [-0.25, -0.2) is 0 Å². The number of rotatable bonds is 11. The number of hydrogen-bond donors (Lipinski definition) is 1. The third kappa shape index (κ3) is 7.08. The highest BCUT2D eigenvalue weighted by atomic mass is 79.9. The van der Waals surface area contributed by atoms with Gasteiger partial charge < -0.3 is 10.5 Å². The zero-order valence-corrected chi connectivity index (χ0v) is 17.3. The molecule has 2 rings (SSSR count). The maximum atomic E-state index is 12.0. The van der Waals surface area contributed by atoms with Gasteiger partial charge in [0.2, 0.25) is 0 Å². The van der Waals surface area contributed by atoms with Crippen LogP contribution < -0.4 is 10.5 Å². The molecule has 0 saturated heterocycles. The Labute approximate surface area is 161 Å². The molecule has 0 aliphatic heterocycles. The Morgan fingerprint density at radius 1 is 1.08 bits per heavy atom. The average molecular weight is 426 g/mol. The van der Waals surface area contributed by atoms with E-state index in [4.69, 9.17) is 10.5 Å². The van der Waals surface area contributed by atoms with Crippen molar-refractivity contribution in [2.45, 2.75) is 44.3 Å². The van der Waals surface area contributed by atoms with Gasteiger partial charge in [-0.2, -0.15) is 0 Å². The number of ether oxygens (including phenoxy) is 1. The molecule has 25 heavy (non-hydrogen) atoms. The SMILES string of the molecule is CC(CCN)S(=O)CCCCCCOc1ccc2cc(Br)ccc2c1. The van der Waals surface area contributed by atoms with Gasteiger partial charge in [0.1, 0.15) is 5.75 Å². The fourth-order valence-electron chi connectivity index (χ4n) is 2.74. The van der Waals surface area contributed by atoms with Crippen LogP contribution in [0.15, 0.2) is 40.9 Å². The molecule has 0 radical (unpaired) electrons. The minimum absolute atomic E-state index is 0.224. The lowest BCUT2D eigenvalue weighted by Gasteiger charge is -2.10. The van der Waals surface area contributed by atoms with E-state index in [-0.39, 0.29) is 5.25 Å². The summed E-state index contributed by atoms with van der Waals surface area (Å²) in [6.45, 7) is 3.38. The molecule has 2 unspecified atom stereocenters. The van der Waals surface area contributed by atoms with Gasteiger partial charge in [0, 0.05) is 26.3 Å². The van der Waals surface area contributed by atoms with E-state index in [0.29, 0.717) is 6.54 Å². The molecule has 5 heteroatoms. The third-order valence-electron chi connectivity index (χ3n) is 4.30. The highest BCUT2D eigenvalue weighted by molar-refractivity contribution is 9.10. The maximum Gasteiger partial charge on any atom is 0.119 e. The molecule has 0 heterocycles. The van der Waals surface area contributed by atoms with E-state index in [1.807, 2.05) is 19.1 Å². The highest BCUT2D eigenvalue weighted by Gasteiger charge is 2.09. The van der Waals surface area contributed by atoms with Crippen molar-refractivity contribution < 1.29 is 8.95 Å². The second-order valence-corrected chi connectivity index (χ2v) is 9.28. The van der Waals surface area contributed by atoms with Crippen LogP contribution in [0.3, 0.4) is 0 Å². The van der Waals surface area contributed by atoms with E-state index in [1.165, 1.54) is 10.8 Å². The van der Waals surface area contributed by atoms with E-state index < -0.39 is 10.8 Å². The second kappa shape index (κ2) is 10.9. The molecule has 3 nitrogen and oxygen atoms in total. The van der Waals surface area contributed by atoms with Crippen LogP contribution in [0, 0.1) is 0 Å². The Hall–Kier alpha value is -0.910. The van der Waals surface area contributed by atoms with Crippen LogP contribution in [-0.2, 0) is 10.8 Å². The van der Waals surface area contributed by atoms with Crippen LogP contribution in [0.25, 0.3) is 10.8 Å². The monoisotopic (exact) mass is 425 g/mol. The zero-order valence-electron chi connectivity index (χ0n) is 14.9. The van der Waals surface area contributed by atoms with Crippen molar-refractivity contribution >= 4 is 37.5 Å². The number of hydrogen-bond acceptors (Lipinski definition) is 3. The van der Waals surface area contributed by atoms with Crippen LogP contribution in [0.2, 0.25) is 0 Å². The maximum absolute atomic E-state index is 12.0. The van der Waals surface area contributed by atoms with Crippen molar-refractivity contribution in [3.05, 3.63) is 40.9 Å². The molecule has 2 atom stereocenters. The summed E-state index contributed by atoms with van der Waals surface area (Å²) in [4.78, 5) is 0. The first-order valence-electron chi connectivity index (χ1n) is 8.99. The number of halogens is 1. The molecule has 0 saturated carbocycles. The summed E-state index contributed by atoms with van der Waals surface area (Å²) in [7, 11) is -0.731. The largest absolute Gasteiger partial charge is 0.494 e. The number of nitrogens with two attached hydrogens (primary N) is 1. The molecular weight excluding hydrogens is 398 g/mol. The van der Waals surface area contributed by atoms with Gasteiger partial charge in [0.15, 0.2) is 0 Å². The Kier molecular flexibility index (Phi) is 8.93. The highest BCUT2D eigenvalue weighted by Crippen LogP contribution is 2.24. The fourth-order valence-corrected chi connectivity index (χ4v) is 4.41. The first kappa shape index (κ1) is 20.4. The second-order valence-electron chi connectivity index (χ2n) is 6.39. The summed E-state index contributed by atoms with van der Waals surface area (Å²) in [6, 6.07) is 12.5. The van der Waals surface area contributed by atoms with Gasteiger partial charge in [0.05, 0.1) is 6.61 Å². The van der Waals surface area contributed by atoms with Gasteiger partial charge in [0.25, 0.3) is 0 Å². The molecule has 0 fully saturated rings. The van der Waals surface area contributed by atoms with E-state index in [2.05, 4.69) is 40.2 Å². The third-order valence-corrected chi connectivity index (χ3v) is 6.62. The van der Waals surface area contributed by atoms with Crippen molar-refractivity contribution in [2.75, 3.05) is 18.9 Å². The van der Waals surface area contributed by atoms with Crippen molar-refractivity contribution in [3.63, 3.8) is 0 Å². The molecule has 2 N–H and O–H groups in total. The van der Waals surface area contributed by atoms with Crippen molar-refractivity contribution in [1.29, 1.82) is 0 Å². The van der Waals surface area contributed by atoms with E-state index >= 15 is 0 Å². The van der Waals surface area contributed by atoms with Crippen LogP contribution >= 0.6 is 15.9 Å². The molecular formula is C20H28BrNO2S. The first-order valence-corrected chi connectivity index (χ1v) is 11.2. The molecule has 0 spiro atoms. The van der Waals surface area contributed by atoms with Crippen LogP contribution in [0.4, 0.5) is 0 Å². The zero-order chi connectivity index (χ0) is 18.1. The van der Waals surface area contributed by atoms with Gasteiger partial charge in [-0.15, -0.1) is 0 Å². The number of fused-ring (bicyclic) bond motifs is 1. The van der Waals surface area contributed by atoms with Crippen LogP contribution in [0.5, 0.6) is 5.75 Å². The molecule has 0 bridgehead atoms. The summed E-state index contributed by atoms with van der Waals surface area (Å²) in [6.07, 6.45) is 5.12. The summed E-state index contributed by atoms with van der Waals surface area (Å²) >= 11 is 3.49. The van der Waals surface area contributed by atoms with Crippen LogP contribution in [0.1, 0.15) is 39.0 Å². The van der Waals surface area contributed by atoms with Gasteiger partial charge >= 0.3 is 0 Å². The summed E-state index contributed by atoms with van der Waals surface area (Å²) < 4.78 is 18.9. The van der Waals surface area contributed by atoms with E-state index in [9.17, 15) is 4.21 Å². The Bertz CT molecular complexity index is 692. The molecule has 0 aliphatic carbocycles. The number of unbranched alkanes of at least 4 members (excludes halogenated alkanes) is 3. The van der Waals surface area contributed by atoms with Gasteiger partial charge in [-0.3, -0.25) is 4.21 Å². The Morgan fingerprint density at radius 3 is 2.60 bits per heavy atom. The topological polar surface area (TPSA) is 52.3 Å².